The van der Waals surface area contributed by atoms with E-state index in [0.717, 1.165) is 31.0 Å². The van der Waals surface area contributed by atoms with Crippen molar-refractivity contribution < 1.29 is 9.47 Å². The van der Waals surface area contributed by atoms with Crippen molar-refractivity contribution in [2.75, 3.05) is 27.4 Å². The van der Waals surface area contributed by atoms with Crippen LogP contribution < -0.4 is 10.5 Å². The van der Waals surface area contributed by atoms with Gasteiger partial charge in [0.2, 0.25) is 0 Å². The molecule has 0 radical (unpaired) electrons. The lowest BCUT2D eigenvalue weighted by Gasteiger charge is -2.28. The molecule has 4 nitrogen and oxygen atoms in total. The Labute approximate surface area is 116 Å². The van der Waals surface area contributed by atoms with Crippen molar-refractivity contribution in [1.82, 2.24) is 4.90 Å². The lowest BCUT2D eigenvalue weighted by Crippen LogP contribution is -2.35. The van der Waals surface area contributed by atoms with Crippen LogP contribution in [0.2, 0.25) is 0 Å². The summed E-state index contributed by atoms with van der Waals surface area (Å²) in [7, 11) is 3.44. The Hall–Kier alpha value is -1.10. The van der Waals surface area contributed by atoms with Crippen LogP contribution in [0.15, 0.2) is 18.2 Å². The predicted octanol–water partition coefficient (Wildman–Crippen LogP) is 2.01. The molecule has 1 aromatic rings. The number of rotatable bonds is 8. The molecule has 0 spiro atoms. The zero-order valence-electron chi connectivity index (χ0n) is 12.5. The molecule has 1 atom stereocenters. The van der Waals surface area contributed by atoms with Crippen molar-refractivity contribution in [1.29, 1.82) is 0 Å². The van der Waals surface area contributed by atoms with Gasteiger partial charge in [0, 0.05) is 31.8 Å². The second kappa shape index (κ2) is 8.15. The van der Waals surface area contributed by atoms with E-state index in [1.807, 2.05) is 12.1 Å². The van der Waals surface area contributed by atoms with Crippen LogP contribution in [0.25, 0.3) is 0 Å². The van der Waals surface area contributed by atoms with Crippen LogP contribution in [0.4, 0.5) is 0 Å². The van der Waals surface area contributed by atoms with E-state index < -0.39 is 0 Å². The Bertz CT molecular complexity index is 382. The molecule has 4 heteroatoms. The normalized spacial score (nSPS) is 12.7. The van der Waals surface area contributed by atoms with Gasteiger partial charge in [0.25, 0.3) is 0 Å². The van der Waals surface area contributed by atoms with Crippen LogP contribution >= 0.6 is 0 Å². The first kappa shape index (κ1) is 16.0. The summed E-state index contributed by atoms with van der Waals surface area (Å²) >= 11 is 0. The number of nitrogens with zero attached hydrogens (tertiary/aromatic N) is 1. The van der Waals surface area contributed by atoms with E-state index in [4.69, 9.17) is 15.2 Å². The van der Waals surface area contributed by atoms with Crippen molar-refractivity contribution in [2.45, 2.75) is 33.0 Å². The first-order chi connectivity index (χ1) is 9.15. The van der Waals surface area contributed by atoms with E-state index in [0.29, 0.717) is 12.6 Å². The fraction of sp³-hybridized carbons (Fsp3) is 0.600. The summed E-state index contributed by atoms with van der Waals surface area (Å²) in [5.74, 6) is 0.917. The zero-order chi connectivity index (χ0) is 14.3. The molecule has 0 saturated heterocycles. The summed E-state index contributed by atoms with van der Waals surface area (Å²) in [4.78, 5) is 2.36. The smallest absolute Gasteiger partial charge is 0.123 e. The van der Waals surface area contributed by atoms with Gasteiger partial charge < -0.3 is 15.2 Å². The molecule has 1 aromatic carbocycles. The molecule has 0 aromatic heterocycles. The van der Waals surface area contributed by atoms with Gasteiger partial charge in [0.05, 0.1) is 13.7 Å². The van der Waals surface area contributed by atoms with Crippen LogP contribution in [0, 0.1) is 0 Å². The van der Waals surface area contributed by atoms with E-state index in [1.165, 1.54) is 5.56 Å². The number of likely N-dealkylation sites (N-methyl/N-ethyl adjacent to an activating group) is 1. The summed E-state index contributed by atoms with van der Waals surface area (Å²) in [6, 6.07) is 6.51. The van der Waals surface area contributed by atoms with Gasteiger partial charge >= 0.3 is 0 Å². The van der Waals surface area contributed by atoms with Crippen LogP contribution in [0.3, 0.4) is 0 Å². The molecule has 1 rings (SSSR count). The Balaban J connectivity index is 2.88. The predicted molar refractivity (Wildman–Crippen MR) is 78.3 cm³/mol. The molecule has 0 aliphatic rings. The van der Waals surface area contributed by atoms with E-state index in [1.54, 1.807) is 14.2 Å². The number of nitrogens with two attached hydrogens (primary N) is 1. The summed E-state index contributed by atoms with van der Waals surface area (Å²) in [5.41, 5.74) is 8.01. The van der Waals surface area contributed by atoms with Crippen molar-refractivity contribution in [2.24, 2.45) is 5.73 Å². The summed E-state index contributed by atoms with van der Waals surface area (Å²) in [5, 5.41) is 0. The van der Waals surface area contributed by atoms with Crippen LogP contribution in [0.5, 0.6) is 5.75 Å². The molecule has 19 heavy (non-hydrogen) atoms. The van der Waals surface area contributed by atoms with Gasteiger partial charge in [-0.2, -0.15) is 0 Å². The Morgan fingerprint density at radius 2 is 2.05 bits per heavy atom. The maximum Gasteiger partial charge on any atom is 0.123 e. The van der Waals surface area contributed by atoms with Crippen molar-refractivity contribution in [3.8, 4) is 5.75 Å². The van der Waals surface area contributed by atoms with Crippen LogP contribution in [0.1, 0.15) is 25.0 Å². The molecule has 0 amide bonds. The lowest BCUT2D eigenvalue weighted by molar-refractivity contribution is 0.0976. The van der Waals surface area contributed by atoms with Crippen molar-refractivity contribution in [3.63, 3.8) is 0 Å². The highest BCUT2D eigenvalue weighted by Gasteiger charge is 2.14. The van der Waals surface area contributed by atoms with Gasteiger partial charge in [-0.1, -0.05) is 13.0 Å². The second-order valence-corrected chi connectivity index (χ2v) is 4.72. The van der Waals surface area contributed by atoms with Crippen molar-refractivity contribution in [3.05, 3.63) is 29.3 Å². The molecule has 0 aliphatic carbocycles. The van der Waals surface area contributed by atoms with Gasteiger partial charge in [0.1, 0.15) is 5.75 Å². The monoisotopic (exact) mass is 266 g/mol. The van der Waals surface area contributed by atoms with Crippen LogP contribution in [-0.2, 0) is 17.8 Å². The maximum absolute atomic E-state index is 5.71. The fourth-order valence-electron chi connectivity index (χ4n) is 2.23. The summed E-state index contributed by atoms with van der Waals surface area (Å²) < 4.78 is 10.7. The van der Waals surface area contributed by atoms with E-state index in [9.17, 15) is 0 Å². The number of benzene rings is 1. The summed E-state index contributed by atoms with van der Waals surface area (Å²) in [6.45, 7) is 7.43. The lowest BCUT2D eigenvalue weighted by atomic mass is 10.1. The van der Waals surface area contributed by atoms with E-state index >= 15 is 0 Å². The number of methoxy groups -OCH3 is 2. The molecule has 1 unspecified atom stereocenters. The molecular weight excluding hydrogens is 240 g/mol. The van der Waals surface area contributed by atoms with Crippen LogP contribution in [-0.4, -0.2) is 38.3 Å². The SMILES string of the molecule is CCN(Cc1cc(CN)ccc1OC)C(C)COC. The van der Waals surface area contributed by atoms with E-state index in [-0.39, 0.29) is 0 Å². The van der Waals surface area contributed by atoms with E-state index in [2.05, 4.69) is 24.8 Å². The van der Waals surface area contributed by atoms with Gasteiger partial charge in [-0.3, -0.25) is 4.90 Å². The topological polar surface area (TPSA) is 47.7 Å². The minimum Gasteiger partial charge on any atom is -0.496 e. The van der Waals surface area contributed by atoms with Gasteiger partial charge in [-0.05, 0) is 31.2 Å². The standard InChI is InChI=1S/C15H26N2O2/c1-5-17(12(2)11-18-3)10-14-8-13(9-16)6-7-15(14)19-4/h6-8,12H,5,9-11,16H2,1-4H3. The molecule has 0 fully saturated rings. The maximum atomic E-state index is 5.71. The number of hydrogen-bond donors (Lipinski definition) is 1. The van der Waals surface area contributed by atoms with Gasteiger partial charge in [-0.25, -0.2) is 0 Å². The Kier molecular flexibility index (Phi) is 6.84. The first-order valence-electron chi connectivity index (χ1n) is 6.75. The third kappa shape index (κ3) is 4.49. The molecular formula is C15H26N2O2. The molecule has 0 bridgehead atoms. The summed E-state index contributed by atoms with van der Waals surface area (Å²) in [6.07, 6.45) is 0. The van der Waals surface area contributed by atoms with Gasteiger partial charge in [0.15, 0.2) is 0 Å². The molecule has 0 heterocycles. The largest absolute Gasteiger partial charge is 0.496 e. The number of ether oxygens (including phenoxy) is 2. The second-order valence-electron chi connectivity index (χ2n) is 4.72. The third-order valence-corrected chi connectivity index (χ3v) is 3.39. The molecule has 0 aliphatic heterocycles. The minimum atomic E-state index is 0.376. The highest BCUT2D eigenvalue weighted by atomic mass is 16.5. The number of hydrogen-bond acceptors (Lipinski definition) is 4. The fourth-order valence-corrected chi connectivity index (χ4v) is 2.23. The van der Waals surface area contributed by atoms with Gasteiger partial charge in [-0.15, -0.1) is 0 Å². The highest BCUT2D eigenvalue weighted by Crippen LogP contribution is 2.22. The zero-order valence-corrected chi connectivity index (χ0v) is 12.5. The van der Waals surface area contributed by atoms with Crippen molar-refractivity contribution >= 4 is 0 Å². The molecule has 0 saturated carbocycles. The average Bonchev–Trinajstić information content (AvgIpc) is 2.44. The average molecular weight is 266 g/mol. The quantitative estimate of drug-likeness (QED) is 0.782. The highest BCUT2D eigenvalue weighted by molar-refractivity contribution is 5.37. The Morgan fingerprint density at radius 1 is 1.32 bits per heavy atom. The molecule has 2 N–H and O–H groups in total. The first-order valence-corrected chi connectivity index (χ1v) is 6.75. The Morgan fingerprint density at radius 3 is 2.58 bits per heavy atom. The third-order valence-electron chi connectivity index (χ3n) is 3.39. The molecule has 108 valence electrons. The minimum absolute atomic E-state index is 0.376.